The summed E-state index contributed by atoms with van der Waals surface area (Å²) in [4.78, 5) is 26.3. The molecular weight excluding hydrogens is 484 g/mol. The summed E-state index contributed by atoms with van der Waals surface area (Å²) in [6, 6.07) is 17.2. The summed E-state index contributed by atoms with van der Waals surface area (Å²) in [7, 11) is -4.10. The minimum atomic E-state index is -4.10. The fraction of sp³-hybridized carbons (Fsp3) is 0.462. The van der Waals surface area contributed by atoms with E-state index in [1.54, 1.807) is 4.90 Å². The van der Waals surface area contributed by atoms with Gasteiger partial charge in [0.15, 0.2) is 0 Å². The zero-order chi connectivity index (χ0) is 26.0. The van der Waals surface area contributed by atoms with Crippen LogP contribution in [-0.4, -0.2) is 57.1 Å². The lowest BCUT2D eigenvalue weighted by molar-refractivity contribution is -0.126. The van der Waals surface area contributed by atoms with Gasteiger partial charge in [0.1, 0.15) is 6.61 Å². The maximum atomic E-state index is 13.1. The molecule has 0 unspecified atom stereocenters. The minimum absolute atomic E-state index is 0.155. The van der Waals surface area contributed by atoms with Gasteiger partial charge in [0.05, 0.1) is 30.3 Å². The highest BCUT2D eigenvalue weighted by Gasteiger charge is 2.25. The number of hydrogen-bond acceptors (Lipinski definition) is 6. The van der Waals surface area contributed by atoms with E-state index in [-0.39, 0.29) is 19.1 Å². The first-order chi connectivity index (χ1) is 17.2. The molecule has 1 saturated carbocycles. The molecule has 1 aliphatic rings. The number of ether oxygens (including phenoxy) is 2. The topological polar surface area (TPSA) is 122 Å². The fourth-order valence-corrected chi connectivity index (χ4v) is 4.50. The van der Waals surface area contributed by atoms with Gasteiger partial charge in [-0.05, 0) is 68.7 Å². The van der Waals surface area contributed by atoms with Gasteiger partial charge >= 0.3 is 6.09 Å². The van der Waals surface area contributed by atoms with Crippen LogP contribution in [0.15, 0.2) is 54.6 Å². The van der Waals surface area contributed by atoms with E-state index in [0.717, 1.165) is 42.6 Å². The molecule has 0 spiro atoms. The lowest BCUT2D eigenvalue weighted by Crippen LogP contribution is -2.33. The number of benzene rings is 2. The highest BCUT2D eigenvalue weighted by molar-refractivity contribution is 7.85. The number of amides is 2. The molecule has 0 heterocycles. The Bertz CT molecular complexity index is 1080. The van der Waals surface area contributed by atoms with Gasteiger partial charge in [-0.2, -0.15) is 8.42 Å². The Kier molecular flexibility index (Phi) is 10.3. The highest BCUT2D eigenvalue weighted by Crippen LogP contribution is 2.31. The SMILES string of the molecule is Cc1ccc(N(C(=O)OCC2CCC(COCC(=O)NCCS(=O)(=O)O)CC2)c2ccccc2)cc1. The third-order valence-corrected chi connectivity index (χ3v) is 6.89. The lowest BCUT2D eigenvalue weighted by Gasteiger charge is -2.29. The molecule has 0 radical (unpaired) electrons. The van der Waals surface area contributed by atoms with Crippen LogP contribution in [0.3, 0.4) is 0 Å². The zero-order valence-electron chi connectivity index (χ0n) is 20.5. The van der Waals surface area contributed by atoms with Crippen molar-refractivity contribution in [2.24, 2.45) is 11.8 Å². The second-order valence-electron chi connectivity index (χ2n) is 9.12. The van der Waals surface area contributed by atoms with Crippen LogP contribution in [0, 0.1) is 18.8 Å². The van der Waals surface area contributed by atoms with Gasteiger partial charge in [0.25, 0.3) is 10.1 Å². The van der Waals surface area contributed by atoms with E-state index >= 15 is 0 Å². The summed E-state index contributed by atoms with van der Waals surface area (Å²) in [5.41, 5.74) is 2.60. The van der Waals surface area contributed by atoms with Gasteiger partial charge < -0.3 is 14.8 Å². The van der Waals surface area contributed by atoms with Crippen molar-refractivity contribution in [1.29, 1.82) is 0 Å². The molecule has 9 nitrogen and oxygen atoms in total. The maximum absolute atomic E-state index is 13.1. The van der Waals surface area contributed by atoms with Gasteiger partial charge in [-0.3, -0.25) is 9.35 Å². The average Bonchev–Trinajstić information content (AvgIpc) is 2.85. The van der Waals surface area contributed by atoms with Crippen molar-refractivity contribution >= 4 is 33.5 Å². The van der Waals surface area contributed by atoms with E-state index in [1.165, 1.54) is 0 Å². The highest BCUT2D eigenvalue weighted by atomic mass is 32.2. The van der Waals surface area contributed by atoms with Crippen LogP contribution in [0.4, 0.5) is 16.2 Å². The molecule has 0 saturated heterocycles. The van der Waals surface area contributed by atoms with Crippen LogP contribution in [0.2, 0.25) is 0 Å². The molecule has 2 N–H and O–H groups in total. The van der Waals surface area contributed by atoms with Crippen LogP contribution in [-0.2, 0) is 24.4 Å². The molecular formula is C26H34N2O7S. The number of anilines is 2. The van der Waals surface area contributed by atoms with E-state index < -0.39 is 27.9 Å². The van der Waals surface area contributed by atoms with Gasteiger partial charge in [0, 0.05) is 6.54 Å². The Hall–Kier alpha value is -2.95. The molecule has 0 bridgehead atoms. The van der Waals surface area contributed by atoms with E-state index in [2.05, 4.69) is 5.32 Å². The third kappa shape index (κ3) is 9.25. The van der Waals surface area contributed by atoms with Crippen LogP contribution in [0.5, 0.6) is 0 Å². The summed E-state index contributed by atoms with van der Waals surface area (Å²) in [6.45, 7) is 2.47. The molecule has 2 aromatic carbocycles. The van der Waals surface area contributed by atoms with Crippen molar-refractivity contribution in [3.05, 3.63) is 60.2 Å². The Labute approximate surface area is 212 Å². The first-order valence-corrected chi connectivity index (χ1v) is 13.7. The molecule has 2 amide bonds. The molecule has 1 aliphatic carbocycles. The van der Waals surface area contributed by atoms with Crippen LogP contribution in [0.1, 0.15) is 31.2 Å². The summed E-state index contributed by atoms with van der Waals surface area (Å²) < 4.78 is 41.2. The minimum Gasteiger partial charge on any atom is -0.449 e. The van der Waals surface area contributed by atoms with Crippen molar-refractivity contribution < 1.29 is 32.0 Å². The summed E-state index contributed by atoms with van der Waals surface area (Å²) in [5, 5.41) is 2.39. The zero-order valence-corrected chi connectivity index (χ0v) is 21.3. The smallest absolute Gasteiger partial charge is 0.418 e. The fourth-order valence-electron chi connectivity index (χ4n) is 4.14. The second-order valence-corrected chi connectivity index (χ2v) is 10.7. The number of nitrogens with zero attached hydrogens (tertiary/aromatic N) is 1. The quantitative estimate of drug-likeness (QED) is 0.430. The number of aryl methyl sites for hydroxylation is 1. The van der Waals surface area contributed by atoms with E-state index in [4.69, 9.17) is 14.0 Å². The van der Waals surface area contributed by atoms with Gasteiger partial charge in [0.2, 0.25) is 5.91 Å². The van der Waals surface area contributed by atoms with E-state index in [9.17, 15) is 18.0 Å². The molecule has 3 rings (SSSR count). The molecule has 36 heavy (non-hydrogen) atoms. The maximum Gasteiger partial charge on any atom is 0.418 e. The van der Waals surface area contributed by atoms with Crippen molar-refractivity contribution in [1.82, 2.24) is 5.32 Å². The summed E-state index contributed by atoms with van der Waals surface area (Å²) in [6.07, 6.45) is 3.21. The monoisotopic (exact) mass is 518 g/mol. The molecule has 0 atom stereocenters. The molecule has 196 valence electrons. The Morgan fingerprint density at radius 3 is 2.14 bits per heavy atom. The molecule has 0 aliphatic heterocycles. The first kappa shape index (κ1) is 27.6. The molecule has 10 heteroatoms. The van der Waals surface area contributed by atoms with Crippen molar-refractivity contribution in [3.63, 3.8) is 0 Å². The molecule has 0 aromatic heterocycles. The lowest BCUT2D eigenvalue weighted by atomic mass is 9.83. The van der Waals surface area contributed by atoms with Gasteiger partial charge in [-0.1, -0.05) is 35.9 Å². The number of carbonyl (C=O) groups excluding carboxylic acids is 2. The standard InChI is InChI=1S/C26H34N2O7S/c1-20-7-13-24(14-8-20)28(23-5-3-2-4-6-23)26(30)35-18-22-11-9-21(10-12-22)17-34-19-25(29)27-15-16-36(31,32)33/h2-8,13-14,21-22H,9-12,15-19H2,1H3,(H,27,29)(H,31,32,33). The van der Waals surface area contributed by atoms with Crippen LogP contribution in [0.25, 0.3) is 0 Å². The van der Waals surface area contributed by atoms with Gasteiger partial charge in [-0.25, -0.2) is 9.69 Å². The normalized spacial score (nSPS) is 17.8. The van der Waals surface area contributed by atoms with Crippen LogP contribution >= 0.6 is 0 Å². The average molecular weight is 519 g/mol. The number of carbonyl (C=O) groups is 2. The molecule has 2 aromatic rings. The van der Waals surface area contributed by atoms with Gasteiger partial charge in [-0.15, -0.1) is 0 Å². The predicted molar refractivity (Wildman–Crippen MR) is 137 cm³/mol. The third-order valence-electron chi connectivity index (χ3n) is 6.17. The number of hydrogen-bond donors (Lipinski definition) is 2. The Morgan fingerprint density at radius 1 is 0.944 bits per heavy atom. The van der Waals surface area contributed by atoms with Crippen LogP contribution < -0.4 is 10.2 Å². The number of rotatable bonds is 11. The van der Waals surface area contributed by atoms with Crippen molar-refractivity contribution in [2.45, 2.75) is 32.6 Å². The van der Waals surface area contributed by atoms with Crippen molar-refractivity contribution in [2.75, 3.05) is 37.0 Å². The summed E-state index contributed by atoms with van der Waals surface area (Å²) >= 11 is 0. The predicted octanol–water partition coefficient (Wildman–Crippen LogP) is 4.10. The van der Waals surface area contributed by atoms with E-state index in [0.29, 0.717) is 19.1 Å². The van der Waals surface area contributed by atoms with E-state index in [1.807, 2.05) is 61.5 Å². The second kappa shape index (κ2) is 13.4. The Morgan fingerprint density at radius 2 is 1.53 bits per heavy atom. The largest absolute Gasteiger partial charge is 0.449 e. The van der Waals surface area contributed by atoms with Crippen molar-refractivity contribution in [3.8, 4) is 0 Å². The summed E-state index contributed by atoms with van der Waals surface area (Å²) in [5.74, 6) is -0.363. The Balaban J connectivity index is 1.40. The number of para-hydroxylation sites is 1. The molecule has 1 fully saturated rings. The first-order valence-electron chi connectivity index (χ1n) is 12.1. The number of nitrogens with one attached hydrogen (secondary N) is 1.